The van der Waals surface area contributed by atoms with E-state index in [0.717, 1.165) is 26.1 Å². The van der Waals surface area contributed by atoms with Gasteiger partial charge < -0.3 is 10.2 Å². The average molecular weight is 319 g/mol. The Labute approximate surface area is 136 Å². The maximum absolute atomic E-state index is 12.1. The first-order valence-corrected chi connectivity index (χ1v) is 8.33. The van der Waals surface area contributed by atoms with E-state index in [2.05, 4.69) is 20.4 Å². The molecule has 1 aromatic heterocycles. The third kappa shape index (κ3) is 3.39. The molecule has 0 radical (unpaired) electrons. The van der Waals surface area contributed by atoms with Gasteiger partial charge in [-0.3, -0.25) is 14.8 Å². The number of hydrogen-bond acceptors (Lipinski definition) is 4. The molecule has 0 saturated carbocycles. The molecule has 23 heavy (non-hydrogen) atoms. The van der Waals surface area contributed by atoms with E-state index in [1.807, 2.05) is 6.07 Å². The van der Waals surface area contributed by atoms with Gasteiger partial charge in [-0.05, 0) is 52.3 Å². The van der Waals surface area contributed by atoms with Crippen molar-refractivity contribution in [2.75, 3.05) is 26.2 Å². The SMILES string of the molecule is CC1(C)NC(=O)N(CCCN2CCCC(c3ccn[nH]3)C2)C1=O. The van der Waals surface area contributed by atoms with Crippen LogP contribution in [0.5, 0.6) is 0 Å². The number of urea groups is 1. The summed E-state index contributed by atoms with van der Waals surface area (Å²) in [7, 11) is 0. The van der Waals surface area contributed by atoms with Crippen LogP contribution in [0, 0.1) is 0 Å². The number of aromatic nitrogens is 2. The molecule has 3 amide bonds. The molecule has 126 valence electrons. The van der Waals surface area contributed by atoms with Crippen molar-refractivity contribution >= 4 is 11.9 Å². The first kappa shape index (κ1) is 16.0. The lowest BCUT2D eigenvalue weighted by Gasteiger charge is -2.32. The Kier molecular flexibility index (Phi) is 4.39. The van der Waals surface area contributed by atoms with Gasteiger partial charge in [-0.15, -0.1) is 0 Å². The Morgan fingerprint density at radius 2 is 2.17 bits per heavy atom. The molecule has 1 unspecified atom stereocenters. The summed E-state index contributed by atoms with van der Waals surface area (Å²) in [5.41, 5.74) is 0.430. The lowest BCUT2D eigenvalue weighted by atomic mass is 9.95. The van der Waals surface area contributed by atoms with Gasteiger partial charge >= 0.3 is 6.03 Å². The highest BCUT2D eigenvalue weighted by Crippen LogP contribution is 2.25. The fourth-order valence-corrected chi connectivity index (χ4v) is 3.48. The second kappa shape index (κ2) is 6.31. The second-order valence-corrected chi connectivity index (χ2v) is 7.02. The first-order valence-electron chi connectivity index (χ1n) is 8.33. The number of amides is 3. The van der Waals surface area contributed by atoms with Crippen molar-refractivity contribution in [2.24, 2.45) is 0 Å². The quantitative estimate of drug-likeness (QED) is 0.802. The zero-order valence-corrected chi connectivity index (χ0v) is 13.8. The maximum atomic E-state index is 12.1. The summed E-state index contributed by atoms with van der Waals surface area (Å²) in [6, 6.07) is 1.78. The van der Waals surface area contributed by atoms with Crippen molar-refractivity contribution in [3.63, 3.8) is 0 Å². The molecule has 3 rings (SSSR count). The molecule has 0 bridgehead atoms. The van der Waals surface area contributed by atoms with Crippen LogP contribution in [0.25, 0.3) is 0 Å². The number of carbonyl (C=O) groups is 2. The van der Waals surface area contributed by atoms with Crippen LogP contribution in [0.3, 0.4) is 0 Å². The van der Waals surface area contributed by atoms with Crippen LogP contribution in [-0.2, 0) is 4.79 Å². The molecule has 0 aromatic carbocycles. The minimum absolute atomic E-state index is 0.128. The third-order valence-corrected chi connectivity index (χ3v) is 4.77. The number of H-pyrrole nitrogens is 1. The van der Waals surface area contributed by atoms with Crippen LogP contribution in [0.4, 0.5) is 4.79 Å². The van der Waals surface area contributed by atoms with Crippen LogP contribution < -0.4 is 5.32 Å². The molecule has 2 fully saturated rings. The summed E-state index contributed by atoms with van der Waals surface area (Å²) < 4.78 is 0. The number of nitrogens with one attached hydrogen (secondary N) is 2. The predicted octanol–water partition coefficient (Wildman–Crippen LogP) is 1.31. The van der Waals surface area contributed by atoms with E-state index in [1.165, 1.54) is 23.4 Å². The molecule has 1 atom stereocenters. The van der Waals surface area contributed by atoms with Gasteiger partial charge in [-0.2, -0.15) is 5.10 Å². The molecular weight excluding hydrogens is 294 g/mol. The fraction of sp³-hybridized carbons (Fsp3) is 0.688. The fourth-order valence-electron chi connectivity index (χ4n) is 3.48. The summed E-state index contributed by atoms with van der Waals surface area (Å²) in [5, 5.41) is 9.82. The van der Waals surface area contributed by atoms with Crippen LogP contribution in [-0.4, -0.2) is 63.7 Å². The van der Waals surface area contributed by atoms with Gasteiger partial charge in [0, 0.05) is 30.9 Å². The summed E-state index contributed by atoms with van der Waals surface area (Å²) in [4.78, 5) is 27.8. The Morgan fingerprint density at radius 3 is 2.83 bits per heavy atom. The van der Waals surface area contributed by atoms with Gasteiger partial charge in [0.25, 0.3) is 5.91 Å². The Balaban J connectivity index is 1.47. The molecule has 1 aromatic rings. The van der Waals surface area contributed by atoms with Crippen molar-refractivity contribution in [3.8, 4) is 0 Å². The zero-order chi connectivity index (χ0) is 16.4. The normalized spacial score (nSPS) is 25.0. The number of carbonyl (C=O) groups excluding carboxylic acids is 2. The number of imide groups is 1. The molecule has 2 saturated heterocycles. The van der Waals surface area contributed by atoms with E-state index in [1.54, 1.807) is 20.0 Å². The minimum atomic E-state index is -0.770. The highest BCUT2D eigenvalue weighted by molar-refractivity contribution is 6.06. The molecule has 2 aliphatic heterocycles. The van der Waals surface area contributed by atoms with E-state index >= 15 is 0 Å². The van der Waals surface area contributed by atoms with Gasteiger partial charge in [0.15, 0.2) is 0 Å². The first-order chi connectivity index (χ1) is 11.0. The molecule has 2 aliphatic rings. The highest BCUT2D eigenvalue weighted by atomic mass is 16.2. The summed E-state index contributed by atoms with van der Waals surface area (Å²) in [5.74, 6) is 0.374. The zero-order valence-electron chi connectivity index (χ0n) is 13.8. The van der Waals surface area contributed by atoms with Crippen LogP contribution >= 0.6 is 0 Å². The number of hydrogen-bond donors (Lipinski definition) is 2. The molecule has 7 heteroatoms. The van der Waals surface area contributed by atoms with Crippen LogP contribution in [0.15, 0.2) is 12.3 Å². The van der Waals surface area contributed by atoms with Crippen molar-refractivity contribution in [3.05, 3.63) is 18.0 Å². The van der Waals surface area contributed by atoms with Gasteiger partial charge in [-0.25, -0.2) is 4.79 Å². The van der Waals surface area contributed by atoms with Gasteiger partial charge in [0.2, 0.25) is 0 Å². The van der Waals surface area contributed by atoms with Crippen molar-refractivity contribution in [2.45, 2.75) is 44.6 Å². The van der Waals surface area contributed by atoms with E-state index < -0.39 is 5.54 Å². The van der Waals surface area contributed by atoms with Crippen molar-refractivity contribution in [1.82, 2.24) is 25.3 Å². The van der Waals surface area contributed by atoms with E-state index in [9.17, 15) is 9.59 Å². The molecule has 7 nitrogen and oxygen atoms in total. The molecule has 0 aliphatic carbocycles. The van der Waals surface area contributed by atoms with E-state index in [4.69, 9.17) is 0 Å². The Morgan fingerprint density at radius 1 is 1.35 bits per heavy atom. The van der Waals surface area contributed by atoms with E-state index in [0.29, 0.717) is 12.5 Å². The highest BCUT2D eigenvalue weighted by Gasteiger charge is 2.43. The Hall–Kier alpha value is -1.89. The van der Waals surface area contributed by atoms with Crippen LogP contribution in [0.1, 0.15) is 44.7 Å². The predicted molar refractivity (Wildman–Crippen MR) is 85.9 cm³/mol. The van der Waals surface area contributed by atoms with Gasteiger partial charge in [0.1, 0.15) is 5.54 Å². The lowest BCUT2D eigenvalue weighted by Crippen LogP contribution is -2.41. The second-order valence-electron chi connectivity index (χ2n) is 7.02. The van der Waals surface area contributed by atoms with Gasteiger partial charge in [-0.1, -0.05) is 0 Å². The van der Waals surface area contributed by atoms with Crippen molar-refractivity contribution < 1.29 is 9.59 Å². The summed E-state index contributed by atoms with van der Waals surface area (Å²) in [6.07, 6.45) is 4.96. The topological polar surface area (TPSA) is 81.3 Å². The monoisotopic (exact) mass is 319 g/mol. The smallest absolute Gasteiger partial charge is 0.324 e. The van der Waals surface area contributed by atoms with E-state index in [-0.39, 0.29) is 11.9 Å². The lowest BCUT2D eigenvalue weighted by molar-refractivity contribution is -0.130. The molecule has 0 spiro atoms. The van der Waals surface area contributed by atoms with Crippen molar-refractivity contribution in [1.29, 1.82) is 0 Å². The van der Waals surface area contributed by atoms with Crippen LogP contribution in [0.2, 0.25) is 0 Å². The Bertz CT molecular complexity index is 569. The third-order valence-electron chi connectivity index (χ3n) is 4.77. The number of aromatic amines is 1. The molecule has 2 N–H and O–H groups in total. The minimum Gasteiger partial charge on any atom is -0.324 e. The average Bonchev–Trinajstić information content (AvgIpc) is 3.10. The molecule has 3 heterocycles. The maximum Gasteiger partial charge on any atom is 0.325 e. The summed E-state index contributed by atoms with van der Waals surface area (Å²) in [6.45, 7) is 6.96. The standard InChI is InChI=1S/C16H25N5O2/c1-16(2)14(22)21(15(23)18-16)10-4-9-20-8-3-5-12(11-20)13-6-7-17-19-13/h6-7,12H,3-5,8-11H2,1-2H3,(H,17,19)(H,18,23). The number of piperidine rings is 1. The number of rotatable bonds is 5. The van der Waals surface area contributed by atoms with Gasteiger partial charge in [0.05, 0.1) is 0 Å². The summed E-state index contributed by atoms with van der Waals surface area (Å²) >= 11 is 0. The number of nitrogens with zero attached hydrogens (tertiary/aromatic N) is 3. The number of likely N-dealkylation sites (tertiary alicyclic amines) is 1. The largest absolute Gasteiger partial charge is 0.325 e. The molecular formula is C16H25N5O2.